The molecule has 0 spiro atoms. The van der Waals surface area contributed by atoms with Gasteiger partial charge >= 0.3 is 0 Å². The molecule has 0 aliphatic carbocycles. The Hall–Kier alpha value is -4.07. The Bertz CT molecular complexity index is 1320. The fourth-order valence-corrected chi connectivity index (χ4v) is 3.65. The minimum Gasteiger partial charge on any atom is -0.361 e. The number of hydrogen-bond donors (Lipinski definition) is 3. The van der Waals surface area contributed by atoms with Gasteiger partial charge in [0.05, 0.1) is 0 Å². The number of aromatic nitrogens is 3. The van der Waals surface area contributed by atoms with Crippen molar-refractivity contribution in [1.82, 2.24) is 20.3 Å². The zero-order valence-electron chi connectivity index (χ0n) is 18.7. The van der Waals surface area contributed by atoms with Crippen molar-refractivity contribution < 1.29 is 9.18 Å². The monoisotopic (exact) mass is 444 g/mol. The fraction of sp³-hybridized carbons (Fsp3) is 0.200. The van der Waals surface area contributed by atoms with Crippen molar-refractivity contribution in [3.05, 3.63) is 88.6 Å². The SMILES string of the molecule is Cc1cc(C)nc(NC(=NCCc2c[nH]c3ccc(F)cc23)NC(=O)c2ccccc2C)n1. The van der Waals surface area contributed by atoms with Crippen molar-refractivity contribution in [2.75, 3.05) is 11.9 Å². The highest BCUT2D eigenvalue weighted by Crippen LogP contribution is 2.20. The topological polar surface area (TPSA) is 95.1 Å². The van der Waals surface area contributed by atoms with Crippen LogP contribution in [-0.2, 0) is 6.42 Å². The van der Waals surface area contributed by atoms with Crippen LogP contribution < -0.4 is 10.6 Å². The summed E-state index contributed by atoms with van der Waals surface area (Å²) in [5.41, 5.74) is 4.83. The van der Waals surface area contributed by atoms with Crippen molar-refractivity contribution in [2.24, 2.45) is 4.99 Å². The van der Waals surface area contributed by atoms with Gasteiger partial charge in [-0.05, 0) is 68.7 Å². The lowest BCUT2D eigenvalue weighted by Gasteiger charge is -2.12. The quantitative estimate of drug-likeness (QED) is 0.313. The summed E-state index contributed by atoms with van der Waals surface area (Å²) in [6.45, 7) is 5.99. The second-order valence-electron chi connectivity index (χ2n) is 7.85. The number of halogens is 1. The molecule has 0 unspecified atom stereocenters. The third-order valence-electron chi connectivity index (χ3n) is 5.21. The lowest BCUT2D eigenvalue weighted by Crippen LogP contribution is -2.37. The second kappa shape index (κ2) is 9.60. The maximum Gasteiger partial charge on any atom is 0.258 e. The Labute approximate surface area is 191 Å². The highest BCUT2D eigenvalue weighted by atomic mass is 19.1. The Kier molecular flexibility index (Phi) is 6.44. The van der Waals surface area contributed by atoms with Crippen LogP contribution >= 0.6 is 0 Å². The molecule has 2 heterocycles. The van der Waals surface area contributed by atoms with Crippen LogP contribution in [0.15, 0.2) is 59.7 Å². The van der Waals surface area contributed by atoms with E-state index in [1.807, 2.05) is 51.2 Å². The van der Waals surface area contributed by atoms with E-state index in [4.69, 9.17) is 0 Å². The van der Waals surface area contributed by atoms with Crippen LogP contribution in [0.5, 0.6) is 0 Å². The zero-order valence-corrected chi connectivity index (χ0v) is 18.7. The third kappa shape index (κ3) is 5.41. The van der Waals surface area contributed by atoms with Gasteiger partial charge in [0.25, 0.3) is 5.91 Å². The summed E-state index contributed by atoms with van der Waals surface area (Å²) in [5.74, 6) is 0.0364. The number of guanidine groups is 1. The van der Waals surface area contributed by atoms with Gasteiger partial charge in [-0.15, -0.1) is 0 Å². The van der Waals surface area contributed by atoms with Gasteiger partial charge in [0.1, 0.15) is 5.82 Å². The smallest absolute Gasteiger partial charge is 0.258 e. The van der Waals surface area contributed by atoms with Crippen LogP contribution in [0.2, 0.25) is 0 Å². The number of H-pyrrole nitrogens is 1. The Morgan fingerprint density at radius 1 is 1.06 bits per heavy atom. The van der Waals surface area contributed by atoms with E-state index < -0.39 is 0 Å². The number of aromatic amines is 1. The molecular formula is C25H25FN6O. The number of aliphatic imine (C=N–C) groups is 1. The molecule has 2 aromatic carbocycles. The third-order valence-corrected chi connectivity index (χ3v) is 5.21. The first-order valence-corrected chi connectivity index (χ1v) is 10.7. The summed E-state index contributed by atoms with van der Waals surface area (Å²) < 4.78 is 13.7. The Morgan fingerprint density at radius 3 is 2.58 bits per heavy atom. The zero-order chi connectivity index (χ0) is 23.4. The number of fused-ring (bicyclic) bond motifs is 1. The number of rotatable bonds is 5. The summed E-state index contributed by atoms with van der Waals surface area (Å²) in [7, 11) is 0. The molecule has 2 aromatic heterocycles. The second-order valence-corrected chi connectivity index (χ2v) is 7.85. The van der Waals surface area contributed by atoms with E-state index in [0.717, 1.165) is 33.4 Å². The predicted octanol–water partition coefficient (Wildman–Crippen LogP) is 4.46. The molecule has 168 valence electrons. The van der Waals surface area contributed by atoms with Gasteiger partial charge in [0.2, 0.25) is 11.9 Å². The molecule has 0 saturated heterocycles. The molecule has 33 heavy (non-hydrogen) atoms. The number of benzene rings is 2. The summed E-state index contributed by atoms with van der Waals surface area (Å²) in [4.78, 5) is 29.4. The summed E-state index contributed by atoms with van der Waals surface area (Å²) in [5, 5.41) is 6.70. The standard InChI is InChI=1S/C25H25FN6O/c1-15-6-4-5-7-20(15)23(33)31-24(32-25-29-16(2)12-17(3)30-25)27-11-10-18-14-28-22-9-8-19(26)13-21(18)22/h4-9,12-14,28H,10-11H2,1-3H3,(H2,27,29,30,31,32,33). The molecule has 3 N–H and O–H groups in total. The maximum atomic E-state index is 13.7. The molecule has 0 aliphatic rings. The van der Waals surface area contributed by atoms with Crippen LogP contribution in [-0.4, -0.2) is 33.4 Å². The van der Waals surface area contributed by atoms with E-state index in [1.54, 1.807) is 12.1 Å². The molecule has 0 fully saturated rings. The number of aryl methyl sites for hydroxylation is 3. The summed E-state index contributed by atoms with van der Waals surface area (Å²) in [6.07, 6.45) is 2.41. The summed E-state index contributed by atoms with van der Waals surface area (Å²) >= 11 is 0. The number of nitrogens with one attached hydrogen (secondary N) is 3. The van der Waals surface area contributed by atoms with Gasteiger partial charge in [-0.2, -0.15) is 0 Å². The van der Waals surface area contributed by atoms with Gasteiger partial charge in [0, 0.05) is 40.6 Å². The number of carbonyl (C=O) groups is 1. The highest BCUT2D eigenvalue weighted by Gasteiger charge is 2.13. The van der Waals surface area contributed by atoms with Crippen LogP contribution in [0.25, 0.3) is 10.9 Å². The molecule has 4 aromatic rings. The molecule has 0 radical (unpaired) electrons. The first-order valence-electron chi connectivity index (χ1n) is 10.7. The number of anilines is 1. The lowest BCUT2D eigenvalue weighted by molar-refractivity contribution is 0.0976. The molecule has 8 heteroatoms. The molecule has 0 bridgehead atoms. The first-order chi connectivity index (χ1) is 15.9. The normalized spacial score (nSPS) is 11.6. The van der Waals surface area contributed by atoms with E-state index in [2.05, 4.69) is 30.6 Å². The lowest BCUT2D eigenvalue weighted by atomic mass is 10.1. The van der Waals surface area contributed by atoms with E-state index in [9.17, 15) is 9.18 Å². The van der Waals surface area contributed by atoms with Crippen molar-refractivity contribution in [1.29, 1.82) is 0 Å². The van der Waals surface area contributed by atoms with E-state index in [1.165, 1.54) is 12.1 Å². The molecular weight excluding hydrogens is 419 g/mol. The van der Waals surface area contributed by atoms with Gasteiger partial charge in [-0.1, -0.05) is 18.2 Å². The van der Waals surface area contributed by atoms with E-state index >= 15 is 0 Å². The fourth-order valence-electron chi connectivity index (χ4n) is 3.65. The Balaban J connectivity index is 1.56. The summed E-state index contributed by atoms with van der Waals surface area (Å²) in [6, 6.07) is 13.8. The largest absolute Gasteiger partial charge is 0.361 e. The van der Waals surface area contributed by atoms with Gasteiger partial charge in [-0.3, -0.25) is 20.4 Å². The predicted molar refractivity (Wildman–Crippen MR) is 128 cm³/mol. The average molecular weight is 445 g/mol. The van der Waals surface area contributed by atoms with Crippen molar-refractivity contribution >= 4 is 28.7 Å². The van der Waals surface area contributed by atoms with Crippen LogP contribution in [0, 0.1) is 26.6 Å². The minimum atomic E-state index is -0.285. The molecule has 0 atom stereocenters. The minimum absolute atomic E-state index is 0.249. The van der Waals surface area contributed by atoms with Gasteiger partial charge < -0.3 is 4.98 Å². The van der Waals surface area contributed by atoms with Crippen LogP contribution in [0.4, 0.5) is 10.3 Å². The van der Waals surface area contributed by atoms with Gasteiger partial charge in [-0.25, -0.2) is 14.4 Å². The molecule has 0 saturated carbocycles. The van der Waals surface area contributed by atoms with E-state index in [0.29, 0.717) is 24.5 Å². The van der Waals surface area contributed by atoms with Crippen molar-refractivity contribution in [3.63, 3.8) is 0 Å². The van der Waals surface area contributed by atoms with Crippen molar-refractivity contribution in [2.45, 2.75) is 27.2 Å². The number of carbonyl (C=O) groups excluding carboxylic acids is 1. The maximum absolute atomic E-state index is 13.7. The number of nitrogens with zero attached hydrogens (tertiary/aromatic N) is 3. The number of amides is 1. The molecule has 4 rings (SSSR count). The molecule has 7 nitrogen and oxygen atoms in total. The molecule has 0 aliphatic heterocycles. The molecule has 1 amide bonds. The Morgan fingerprint density at radius 2 is 1.82 bits per heavy atom. The highest BCUT2D eigenvalue weighted by molar-refractivity contribution is 6.10. The van der Waals surface area contributed by atoms with Crippen LogP contribution in [0.3, 0.4) is 0 Å². The van der Waals surface area contributed by atoms with Crippen molar-refractivity contribution in [3.8, 4) is 0 Å². The van der Waals surface area contributed by atoms with Gasteiger partial charge in [0.15, 0.2) is 0 Å². The number of hydrogen-bond acceptors (Lipinski definition) is 4. The van der Waals surface area contributed by atoms with E-state index in [-0.39, 0.29) is 17.7 Å². The average Bonchev–Trinajstić information content (AvgIpc) is 3.15. The van der Waals surface area contributed by atoms with Crippen LogP contribution in [0.1, 0.15) is 32.9 Å². The first kappa shape index (κ1) is 22.1.